The molecule has 0 saturated carbocycles. The molecule has 162 valence electrons. The summed E-state index contributed by atoms with van der Waals surface area (Å²) in [7, 11) is 0. The third kappa shape index (κ3) is 5.24. The summed E-state index contributed by atoms with van der Waals surface area (Å²) < 4.78 is 43.6. The maximum atomic E-state index is 12.7. The molecule has 0 saturated heterocycles. The molecule has 2 aromatic carbocycles. The lowest BCUT2D eigenvalue weighted by Crippen LogP contribution is -2.41. The highest BCUT2D eigenvalue weighted by Gasteiger charge is 2.30. The largest absolute Gasteiger partial charge is 0.491 e. The van der Waals surface area contributed by atoms with E-state index < -0.39 is 17.8 Å². The molecular weight excluding hydrogens is 405 g/mol. The first-order valence-corrected chi connectivity index (χ1v) is 10.1. The number of benzene rings is 2. The SMILES string of the molecule is O[C@H](COc1ccc(C(F)(F)F)cc1)CN1Cc2ccccc2C[C@H]1c1cccnc1. The molecule has 1 N–H and O–H groups in total. The molecule has 0 amide bonds. The number of aromatic nitrogens is 1. The molecule has 2 heterocycles. The molecule has 1 aromatic heterocycles. The molecule has 2 atom stereocenters. The number of rotatable bonds is 6. The lowest BCUT2D eigenvalue weighted by Gasteiger charge is -2.38. The van der Waals surface area contributed by atoms with Crippen molar-refractivity contribution in [2.75, 3.05) is 13.2 Å². The van der Waals surface area contributed by atoms with Crippen LogP contribution in [0.4, 0.5) is 13.2 Å². The Hall–Kier alpha value is -2.90. The van der Waals surface area contributed by atoms with Gasteiger partial charge in [-0.05, 0) is 53.4 Å². The third-order valence-corrected chi connectivity index (χ3v) is 5.48. The minimum absolute atomic E-state index is 0.0106. The molecule has 0 unspecified atom stereocenters. The number of pyridine rings is 1. The molecule has 0 radical (unpaired) electrons. The number of aliphatic hydroxyl groups is 1. The number of hydrogen-bond acceptors (Lipinski definition) is 4. The van der Waals surface area contributed by atoms with Crippen LogP contribution in [0.15, 0.2) is 73.1 Å². The predicted octanol–water partition coefficient (Wildman–Crippen LogP) is 4.64. The van der Waals surface area contributed by atoms with Crippen molar-refractivity contribution in [3.05, 3.63) is 95.3 Å². The van der Waals surface area contributed by atoms with Crippen LogP contribution in [-0.2, 0) is 19.1 Å². The van der Waals surface area contributed by atoms with E-state index in [0.29, 0.717) is 18.8 Å². The minimum atomic E-state index is -4.39. The molecule has 31 heavy (non-hydrogen) atoms. The van der Waals surface area contributed by atoms with E-state index in [9.17, 15) is 18.3 Å². The highest BCUT2D eigenvalue weighted by Crippen LogP contribution is 2.33. The van der Waals surface area contributed by atoms with Gasteiger partial charge in [0.2, 0.25) is 0 Å². The topological polar surface area (TPSA) is 45.6 Å². The van der Waals surface area contributed by atoms with Crippen LogP contribution in [0, 0.1) is 0 Å². The van der Waals surface area contributed by atoms with Gasteiger partial charge in [-0.15, -0.1) is 0 Å². The van der Waals surface area contributed by atoms with E-state index >= 15 is 0 Å². The van der Waals surface area contributed by atoms with Crippen molar-refractivity contribution in [1.29, 1.82) is 0 Å². The van der Waals surface area contributed by atoms with Crippen molar-refractivity contribution in [2.24, 2.45) is 0 Å². The van der Waals surface area contributed by atoms with Crippen LogP contribution in [0.2, 0.25) is 0 Å². The maximum absolute atomic E-state index is 12.7. The van der Waals surface area contributed by atoms with Gasteiger partial charge in [-0.25, -0.2) is 0 Å². The summed E-state index contributed by atoms with van der Waals surface area (Å²) in [6, 6.07) is 16.7. The van der Waals surface area contributed by atoms with Crippen molar-refractivity contribution in [3.8, 4) is 5.75 Å². The lowest BCUT2D eigenvalue weighted by molar-refractivity contribution is -0.137. The van der Waals surface area contributed by atoms with E-state index in [1.807, 2.05) is 30.5 Å². The van der Waals surface area contributed by atoms with Gasteiger partial charge in [-0.2, -0.15) is 13.2 Å². The van der Waals surface area contributed by atoms with Crippen LogP contribution in [0.5, 0.6) is 5.75 Å². The van der Waals surface area contributed by atoms with Crippen molar-refractivity contribution < 1.29 is 23.0 Å². The molecule has 3 aromatic rings. The molecular formula is C24H23F3N2O2. The molecule has 4 nitrogen and oxygen atoms in total. The Morgan fingerprint density at radius 1 is 1.03 bits per heavy atom. The van der Waals surface area contributed by atoms with Crippen LogP contribution in [-0.4, -0.2) is 34.2 Å². The van der Waals surface area contributed by atoms with Crippen molar-refractivity contribution in [1.82, 2.24) is 9.88 Å². The van der Waals surface area contributed by atoms with E-state index in [1.165, 1.54) is 23.3 Å². The molecule has 0 bridgehead atoms. The number of hydrogen-bond donors (Lipinski definition) is 1. The van der Waals surface area contributed by atoms with E-state index in [1.54, 1.807) is 6.20 Å². The first-order valence-electron chi connectivity index (χ1n) is 10.1. The number of halogens is 3. The highest BCUT2D eigenvalue weighted by molar-refractivity contribution is 5.33. The van der Waals surface area contributed by atoms with Gasteiger partial charge >= 0.3 is 6.18 Å². The summed E-state index contributed by atoms with van der Waals surface area (Å²) in [5.41, 5.74) is 2.85. The summed E-state index contributed by atoms with van der Waals surface area (Å²) in [5, 5.41) is 10.6. The van der Waals surface area contributed by atoms with Gasteiger partial charge < -0.3 is 9.84 Å². The van der Waals surface area contributed by atoms with Crippen molar-refractivity contribution >= 4 is 0 Å². The average molecular weight is 428 g/mol. The van der Waals surface area contributed by atoms with Crippen molar-refractivity contribution in [3.63, 3.8) is 0 Å². The first kappa shape index (κ1) is 21.3. The Labute approximate surface area is 178 Å². The monoisotopic (exact) mass is 428 g/mol. The van der Waals surface area contributed by atoms with Gasteiger partial charge in [0, 0.05) is 31.5 Å². The van der Waals surface area contributed by atoms with Gasteiger partial charge in [-0.1, -0.05) is 30.3 Å². The van der Waals surface area contributed by atoms with E-state index in [0.717, 1.165) is 24.1 Å². The minimum Gasteiger partial charge on any atom is -0.491 e. The number of fused-ring (bicyclic) bond motifs is 1. The smallest absolute Gasteiger partial charge is 0.416 e. The Morgan fingerprint density at radius 2 is 1.77 bits per heavy atom. The second kappa shape index (κ2) is 9.08. The van der Waals surface area contributed by atoms with Crippen LogP contribution in [0.1, 0.15) is 28.3 Å². The Morgan fingerprint density at radius 3 is 2.45 bits per heavy atom. The number of aliphatic hydroxyl groups excluding tert-OH is 1. The number of β-amino-alcohol motifs (C(OH)–C–C–N with tert-alkyl or cyclic N) is 1. The van der Waals surface area contributed by atoms with Gasteiger partial charge in [0.15, 0.2) is 0 Å². The fraction of sp³-hybridized carbons (Fsp3) is 0.292. The Kier molecular flexibility index (Phi) is 6.25. The summed E-state index contributed by atoms with van der Waals surface area (Å²) >= 11 is 0. The lowest BCUT2D eigenvalue weighted by atomic mass is 9.90. The van der Waals surface area contributed by atoms with Gasteiger partial charge in [-0.3, -0.25) is 9.88 Å². The fourth-order valence-electron chi connectivity index (χ4n) is 3.93. The fourth-order valence-corrected chi connectivity index (χ4v) is 3.93. The van der Waals surface area contributed by atoms with Gasteiger partial charge in [0.25, 0.3) is 0 Å². The summed E-state index contributed by atoms with van der Waals surface area (Å²) in [6.07, 6.45) is -0.793. The first-order chi connectivity index (χ1) is 14.9. The average Bonchev–Trinajstić information content (AvgIpc) is 2.77. The molecule has 1 aliphatic heterocycles. The zero-order chi connectivity index (χ0) is 21.8. The maximum Gasteiger partial charge on any atom is 0.416 e. The van der Waals surface area contributed by atoms with E-state index in [2.05, 4.69) is 22.0 Å². The molecule has 7 heteroatoms. The summed E-state index contributed by atoms with van der Waals surface area (Å²) in [4.78, 5) is 6.43. The van der Waals surface area contributed by atoms with Crippen LogP contribution >= 0.6 is 0 Å². The van der Waals surface area contributed by atoms with Crippen molar-refractivity contribution in [2.45, 2.75) is 31.3 Å². The molecule has 0 spiro atoms. The summed E-state index contributed by atoms with van der Waals surface area (Å²) in [6.45, 7) is 1.05. The molecule has 0 aliphatic carbocycles. The second-order valence-corrected chi connectivity index (χ2v) is 7.69. The van der Waals surface area contributed by atoms with E-state index in [-0.39, 0.29) is 12.6 Å². The number of nitrogens with zero attached hydrogens (tertiary/aromatic N) is 2. The zero-order valence-corrected chi connectivity index (χ0v) is 16.8. The summed E-state index contributed by atoms with van der Waals surface area (Å²) in [5.74, 6) is 0.292. The van der Waals surface area contributed by atoms with Crippen LogP contribution in [0.25, 0.3) is 0 Å². The molecule has 0 fully saturated rings. The quantitative estimate of drug-likeness (QED) is 0.621. The number of ether oxygens (including phenoxy) is 1. The van der Waals surface area contributed by atoms with Crippen LogP contribution < -0.4 is 4.74 Å². The number of alkyl halides is 3. The second-order valence-electron chi connectivity index (χ2n) is 7.69. The van der Waals surface area contributed by atoms with Gasteiger partial charge in [0.05, 0.1) is 5.56 Å². The normalized spacial score (nSPS) is 17.7. The van der Waals surface area contributed by atoms with Gasteiger partial charge in [0.1, 0.15) is 18.5 Å². The Balaban J connectivity index is 1.42. The Bertz CT molecular complexity index is 994. The standard InChI is InChI=1S/C24H23F3N2O2/c25-24(26,27)20-7-9-22(10-8-20)31-16-21(30)15-29-14-19-5-2-1-4-17(19)12-23(29)18-6-3-11-28-13-18/h1-11,13,21,23,30H,12,14-16H2/t21-,23-/m0/s1. The molecule has 1 aliphatic rings. The predicted molar refractivity (Wildman–Crippen MR) is 110 cm³/mol. The molecule has 4 rings (SSSR count). The van der Waals surface area contributed by atoms with Crippen LogP contribution in [0.3, 0.4) is 0 Å². The van der Waals surface area contributed by atoms with E-state index in [4.69, 9.17) is 4.74 Å². The zero-order valence-electron chi connectivity index (χ0n) is 16.8. The third-order valence-electron chi connectivity index (χ3n) is 5.48. The highest BCUT2D eigenvalue weighted by atomic mass is 19.4.